The van der Waals surface area contributed by atoms with Gasteiger partial charge < -0.3 is 24.4 Å². The smallest absolute Gasteiger partial charge is 0.462 e. The van der Waals surface area contributed by atoms with E-state index < -0.39 is 32.5 Å². The van der Waals surface area contributed by atoms with Crippen molar-refractivity contribution in [2.45, 2.75) is 148 Å². The number of phosphoric ester groups is 1. The second-order valence-corrected chi connectivity index (χ2v) is 13.6. The SMILES string of the molecule is CCCCC/C=C\C/C=C\CCCCCCCC(=O)O[C@H](COC(=O)CCC/C=C\C/C=C\C/C=C\C/C=C\C=C\[C@@H](O)CC)COP(=O)(O)O. The summed E-state index contributed by atoms with van der Waals surface area (Å²) in [4.78, 5) is 42.7. The molecule has 2 atom stereocenters. The van der Waals surface area contributed by atoms with Crippen molar-refractivity contribution in [2.24, 2.45) is 0 Å². The molecule has 51 heavy (non-hydrogen) atoms. The van der Waals surface area contributed by atoms with Crippen LogP contribution in [0.25, 0.3) is 0 Å². The van der Waals surface area contributed by atoms with Crippen molar-refractivity contribution >= 4 is 19.8 Å². The monoisotopic (exact) mass is 734 g/mol. The number of esters is 2. The van der Waals surface area contributed by atoms with Crippen LogP contribution >= 0.6 is 7.82 Å². The first kappa shape index (κ1) is 48.2. The average molecular weight is 735 g/mol. The highest BCUT2D eigenvalue weighted by Gasteiger charge is 2.22. The molecule has 0 heterocycles. The van der Waals surface area contributed by atoms with Crippen molar-refractivity contribution in [1.82, 2.24) is 0 Å². The molecule has 0 bridgehead atoms. The second kappa shape index (κ2) is 35.6. The normalized spacial score (nSPS) is 14.1. The van der Waals surface area contributed by atoms with Gasteiger partial charge in [-0.3, -0.25) is 14.1 Å². The van der Waals surface area contributed by atoms with Gasteiger partial charge in [0.05, 0.1) is 12.7 Å². The molecule has 0 aromatic rings. The summed E-state index contributed by atoms with van der Waals surface area (Å²) in [7, 11) is -4.78. The molecule has 0 aromatic carbocycles. The Bertz CT molecular complexity index is 1110. The Morgan fingerprint density at radius 1 is 0.608 bits per heavy atom. The summed E-state index contributed by atoms with van der Waals surface area (Å²) >= 11 is 0. The molecule has 3 N–H and O–H groups in total. The van der Waals surface area contributed by atoms with Crippen LogP contribution in [0.2, 0.25) is 0 Å². The van der Waals surface area contributed by atoms with Crippen LogP contribution in [-0.4, -0.2) is 52.3 Å². The summed E-state index contributed by atoms with van der Waals surface area (Å²) in [6, 6.07) is 0. The van der Waals surface area contributed by atoms with Crippen LogP contribution < -0.4 is 0 Å². The molecule has 0 radical (unpaired) electrons. The molecule has 0 fully saturated rings. The number of rotatable bonds is 33. The fraction of sp³-hybridized carbons (Fsp3) is 0.610. The fourth-order valence-electron chi connectivity index (χ4n) is 4.56. The van der Waals surface area contributed by atoms with E-state index >= 15 is 0 Å². The van der Waals surface area contributed by atoms with E-state index in [0.29, 0.717) is 25.7 Å². The lowest BCUT2D eigenvalue weighted by atomic mass is 10.1. The van der Waals surface area contributed by atoms with E-state index in [2.05, 4.69) is 60.1 Å². The highest BCUT2D eigenvalue weighted by Crippen LogP contribution is 2.35. The minimum Gasteiger partial charge on any atom is -0.462 e. The maximum absolute atomic E-state index is 12.4. The first-order valence-electron chi connectivity index (χ1n) is 19.0. The largest absolute Gasteiger partial charge is 0.469 e. The zero-order valence-corrected chi connectivity index (χ0v) is 32.2. The van der Waals surface area contributed by atoms with E-state index in [1.54, 1.807) is 6.08 Å². The van der Waals surface area contributed by atoms with E-state index in [9.17, 15) is 19.3 Å². The summed E-state index contributed by atoms with van der Waals surface area (Å²) in [6.45, 7) is 3.24. The zero-order chi connectivity index (χ0) is 37.7. The topological polar surface area (TPSA) is 140 Å². The number of hydrogen-bond acceptors (Lipinski definition) is 7. The number of unbranched alkanes of at least 4 members (excludes halogenated alkanes) is 9. The summed E-state index contributed by atoms with van der Waals surface area (Å²) in [5, 5.41) is 9.44. The summed E-state index contributed by atoms with van der Waals surface area (Å²) in [5.41, 5.74) is 0. The van der Waals surface area contributed by atoms with Crippen LogP contribution in [0.5, 0.6) is 0 Å². The highest BCUT2D eigenvalue weighted by atomic mass is 31.2. The second-order valence-electron chi connectivity index (χ2n) is 12.4. The first-order valence-corrected chi connectivity index (χ1v) is 20.5. The van der Waals surface area contributed by atoms with Gasteiger partial charge in [0.15, 0.2) is 6.10 Å². The van der Waals surface area contributed by atoms with Crippen LogP contribution in [-0.2, 0) is 28.2 Å². The number of ether oxygens (including phenoxy) is 2. The first-order chi connectivity index (χ1) is 24.7. The van der Waals surface area contributed by atoms with E-state index in [1.807, 2.05) is 37.3 Å². The van der Waals surface area contributed by atoms with Crippen molar-refractivity contribution in [3.05, 3.63) is 85.1 Å². The van der Waals surface area contributed by atoms with E-state index in [-0.39, 0.29) is 25.6 Å². The van der Waals surface area contributed by atoms with E-state index in [0.717, 1.165) is 64.2 Å². The van der Waals surface area contributed by atoms with Gasteiger partial charge >= 0.3 is 19.8 Å². The van der Waals surface area contributed by atoms with Gasteiger partial charge in [-0.1, -0.05) is 131 Å². The molecule has 0 unspecified atom stereocenters. The Balaban J connectivity index is 4.14. The minimum absolute atomic E-state index is 0.167. The van der Waals surface area contributed by atoms with Gasteiger partial charge in [-0.2, -0.15) is 0 Å². The fourth-order valence-corrected chi connectivity index (χ4v) is 4.93. The van der Waals surface area contributed by atoms with Gasteiger partial charge in [0.2, 0.25) is 0 Å². The minimum atomic E-state index is -4.78. The van der Waals surface area contributed by atoms with Crippen molar-refractivity contribution in [1.29, 1.82) is 0 Å². The Kier molecular flexibility index (Phi) is 33.6. The van der Waals surface area contributed by atoms with Gasteiger partial charge in [0, 0.05) is 12.8 Å². The van der Waals surface area contributed by atoms with Crippen molar-refractivity contribution in [2.75, 3.05) is 13.2 Å². The maximum atomic E-state index is 12.4. The predicted octanol–water partition coefficient (Wildman–Crippen LogP) is 10.3. The lowest BCUT2D eigenvalue weighted by Crippen LogP contribution is -2.29. The molecule has 9 nitrogen and oxygen atoms in total. The van der Waals surface area contributed by atoms with Gasteiger partial charge in [-0.05, 0) is 77.0 Å². The van der Waals surface area contributed by atoms with Crippen LogP contribution in [0.1, 0.15) is 136 Å². The number of carbonyl (C=O) groups is 2. The van der Waals surface area contributed by atoms with Crippen LogP contribution in [0.15, 0.2) is 85.1 Å². The molecule has 0 aliphatic carbocycles. The van der Waals surface area contributed by atoms with E-state index in [4.69, 9.17) is 19.3 Å². The Hall–Kier alpha value is -2.81. The summed E-state index contributed by atoms with van der Waals surface area (Å²) in [6.07, 6.45) is 44.0. The van der Waals surface area contributed by atoms with Gasteiger partial charge in [0.25, 0.3) is 0 Å². The number of phosphoric acid groups is 1. The van der Waals surface area contributed by atoms with Crippen LogP contribution in [0.4, 0.5) is 0 Å². The lowest BCUT2D eigenvalue weighted by Gasteiger charge is -2.18. The Labute approximate surface area is 308 Å². The third kappa shape index (κ3) is 38.3. The van der Waals surface area contributed by atoms with Crippen molar-refractivity contribution in [3.8, 4) is 0 Å². The number of aliphatic hydroxyl groups excluding tert-OH is 1. The predicted molar refractivity (Wildman–Crippen MR) is 208 cm³/mol. The lowest BCUT2D eigenvalue weighted by molar-refractivity contribution is -0.161. The third-order valence-electron chi connectivity index (χ3n) is 7.56. The van der Waals surface area contributed by atoms with Gasteiger partial charge in [-0.15, -0.1) is 0 Å². The standard InChI is InChI=1S/C41H67O9P/c1-3-5-6-7-8-9-10-11-12-17-20-23-26-29-32-35-41(44)50-39(37-49-51(45,46)47)36-48-40(43)34-31-28-25-22-19-16-14-13-15-18-21-24-27-30-33-38(42)4-2/h8-9,11-12,14-16,18,22,24-25,27,30,33,38-39,42H,3-7,10,13,17,19-21,23,26,28-29,31-32,34-37H2,1-2H3,(H2,45,46,47)/b9-8-,12-11-,16-14-,18-15-,25-22-,27-24-,33-30+/t38-,39+/m0/s1. The van der Waals surface area contributed by atoms with Gasteiger partial charge in [0.1, 0.15) is 6.61 Å². The summed E-state index contributed by atoms with van der Waals surface area (Å²) < 4.78 is 26.2. The third-order valence-corrected chi connectivity index (χ3v) is 8.04. The molecule has 0 rings (SSSR count). The number of carbonyl (C=O) groups excluding carboxylic acids is 2. The number of allylic oxidation sites excluding steroid dienone is 13. The molecule has 10 heteroatoms. The Morgan fingerprint density at radius 2 is 1.12 bits per heavy atom. The quantitative estimate of drug-likeness (QED) is 0.0198. The molecule has 0 saturated carbocycles. The highest BCUT2D eigenvalue weighted by molar-refractivity contribution is 7.46. The molecule has 0 amide bonds. The molecular weight excluding hydrogens is 667 g/mol. The Morgan fingerprint density at radius 3 is 1.71 bits per heavy atom. The maximum Gasteiger partial charge on any atom is 0.469 e. The van der Waals surface area contributed by atoms with Crippen LogP contribution in [0.3, 0.4) is 0 Å². The molecule has 290 valence electrons. The molecule has 0 aliphatic heterocycles. The summed E-state index contributed by atoms with van der Waals surface area (Å²) in [5.74, 6) is -0.998. The average Bonchev–Trinajstić information content (AvgIpc) is 3.10. The molecule has 0 aliphatic rings. The molecule has 0 aromatic heterocycles. The number of hydrogen-bond donors (Lipinski definition) is 3. The molecule has 0 spiro atoms. The van der Waals surface area contributed by atoms with Crippen molar-refractivity contribution < 1.29 is 43.0 Å². The molecular formula is C41H67O9P. The zero-order valence-electron chi connectivity index (χ0n) is 31.3. The van der Waals surface area contributed by atoms with Crippen molar-refractivity contribution in [3.63, 3.8) is 0 Å². The van der Waals surface area contributed by atoms with Gasteiger partial charge in [-0.25, -0.2) is 4.57 Å². The number of aliphatic hydroxyl groups is 1. The van der Waals surface area contributed by atoms with Crippen LogP contribution in [0, 0.1) is 0 Å². The molecule has 0 saturated heterocycles. The van der Waals surface area contributed by atoms with E-state index in [1.165, 1.54) is 19.3 Å².